The molecule has 3 nitrogen and oxygen atoms in total. The molecule has 0 saturated heterocycles. The molecule has 0 heterocycles. The van der Waals surface area contributed by atoms with E-state index >= 15 is 0 Å². The second-order valence-corrected chi connectivity index (χ2v) is 4.72. The van der Waals surface area contributed by atoms with Gasteiger partial charge in [-0.15, -0.1) is 0 Å². The molecule has 0 aliphatic heterocycles. The fourth-order valence-electron chi connectivity index (χ4n) is 2.06. The van der Waals surface area contributed by atoms with E-state index in [1.165, 1.54) is 18.4 Å². The first-order chi connectivity index (χ1) is 8.22. The van der Waals surface area contributed by atoms with Gasteiger partial charge in [-0.2, -0.15) is 0 Å². The number of hydrogen-bond donors (Lipinski definition) is 1. The van der Waals surface area contributed by atoms with Gasteiger partial charge in [-0.05, 0) is 37.8 Å². The van der Waals surface area contributed by atoms with Crippen molar-refractivity contribution in [2.24, 2.45) is 0 Å². The van der Waals surface area contributed by atoms with Crippen molar-refractivity contribution in [3.63, 3.8) is 0 Å². The molecule has 94 valence electrons. The molecule has 1 saturated carbocycles. The summed E-state index contributed by atoms with van der Waals surface area (Å²) in [4.78, 5) is 0. The van der Waals surface area contributed by atoms with Crippen LogP contribution in [0.15, 0.2) is 18.2 Å². The highest BCUT2D eigenvalue weighted by Crippen LogP contribution is 2.26. The molecule has 1 fully saturated rings. The Labute approximate surface area is 103 Å². The van der Waals surface area contributed by atoms with E-state index < -0.39 is 0 Å². The Morgan fingerprint density at radius 1 is 1.29 bits per heavy atom. The van der Waals surface area contributed by atoms with Gasteiger partial charge in [0.2, 0.25) is 0 Å². The second kappa shape index (κ2) is 5.41. The molecule has 0 aromatic heterocycles. The van der Waals surface area contributed by atoms with Crippen LogP contribution >= 0.6 is 0 Å². The summed E-state index contributed by atoms with van der Waals surface area (Å²) >= 11 is 0. The molecule has 0 amide bonds. The number of hydrogen-bond acceptors (Lipinski definition) is 3. The molecule has 0 spiro atoms. The number of nitrogens with one attached hydrogen (secondary N) is 1. The van der Waals surface area contributed by atoms with Crippen molar-refractivity contribution in [1.82, 2.24) is 5.32 Å². The molecule has 0 bridgehead atoms. The number of rotatable bonds is 6. The van der Waals surface area contributed by atoms with Crippen LogP contribution in [0.25, 0.3) is 0 Å². The minimum Gasteiger partial charge on any atom is -0.497 e. The first kappa shape index (κ1) is 12.2. The average molecular weight is 235 g/mol. The molecular formula is C14H21NO2. The third-order valence-electron chi connectivity index (χ3n) is 3.12. The van der Waals surface area contributed by atoms with Crippen LogP contribution < -0.4 is 14.8 Å². The smallest absolute Gasteiger partial charge is 0.125 e. The van der Waals surface area contributed by atoms with Crippen LogP contribution in [-0.4, -0.2) is 26.3 Å². The van der Waals surface area contributed by atoms with E-state index in [4.69, 9.17) is 9.47 Å². The SMILES string of the molecule is COc1ccc(CC(C)NC2CC2)c(OC)c1. The Morgan fingerprint density at radius 2 is 2.06 bits per heavy atom. The van der Waals surface area contributed by atoms with Crippen molar-refractivity contribution in [1.29, 1.82) is 0 Å². The minimum atomic E-state index is 0.491. The Kier molecular flexibility index (Phi) is 3.89. The van der Waals surface area contributed by atoms with Crippen LogP contribution in [0.5, 0.6) is 11.5 Å². The van der Waals surface area contributed by atoms with Crippen molar-refractivity contribution in [2.45, 2.75) is 38.3 Å². The largest absolute Gasteiger partial charge is 0.497 e. The molecule has 0 radical (unpaired) electrons. The zero-order valence-electron chi connectivity index (χ0n) is 10.8. The number of methoxy groups -OCH3 is 2. The topological polar surface area (TPSA) is 30.5 Å². The lowest BCUT2D eigenvalue weighted by Gasteiger charge is -2.16. The molecule has 1 aromatic rings. The maximum Gasteiger partial charge on any atom is 0.125 e. The van der Waals surface area contributed by atoms with Gasteiger partial charge in [-0.3, -0.25) is 0 Å². The van der Waals surface area contributed by atoms with Gasteiger partial charge in [-0.25, -0.2) is 0 Å². The molecule has 1 aliphatic carbocycles. The van der Waals surface area contributed by atoms with Crippen LogP contribution in [0.1, 0.15) is 25.3 Å². The lowest BCUT2D eigenvalue weighted by molar-refractivity contribution is 0.388. The van der Waals surface area contributed by atoms with E-state index in [0.717, 1.165) is 24.0 Å². The van der Waals surface area contributed by atoms with Crippen LogP contribution in [-0.2, 0) is 6.42 Å². The summed E-state index contributed by atoms with van der Waals surface area (Å²) in [7, 11) is 3.38. The maximum absolute atomic E-state index is 5.40. The van der Waals surface area contributed by atoms with Gasteiger partial charge in [0.15, 0.2) is 0 Å². The molecule has 1 aromatic carbocycles. The van der Waals surface area contributed by atoms with E-state index in [2.05, 4.69) is 18.3 Å². The number of benzene rings is 1. The lowest BCUT2D eigenvalue weighted by Crippen LogP contribution is -2.30. The van der Waals surface area contributed by atoms with Crippen molar-refractivity contribution in [3.8, 4) is 11.5 Å². The summed E-state index contributed by atoms with van der Waals surface area (Å²) in [6.07, 6.45) is 3.64. The van der Waals surface area contributed by atoms with E-state index in [1.54, 1.807) is 14.2 Å². The summed E-state index contributed by atoms with van der Waals surface area (Å²) in [5.74, 6) is 1.75. The minimum absolute atomic E-state index is 0.491. The van der Waals surface area contributed by atoms with E-state index in [-0.39, 0.29) is 0 Å². The van der Waals surface area contributed by atoms with Gasteiger partial charge in [0.05, 0.1) is 14.2 Å². The molecule has 1 unspecified atom stereocenters. The summed E-state index contributed by atoms with van der Waals surface area (Å²) in [6.45, 7) is 2.22. The second-order valence-electron chi connectivity index (χ2n) is 4.72. The lowest BCUT2D eigenvalue weighted by atomic mass is 10.1. The summed E-state index contributed by atoms with van der Waals surface area (Å²) in [5.41, 5.74) is 1.23. The number of ether oxygens (including phenoxy) is 2. The van der Waals surface area contributed by atoms with E-state index in [0.29, 0.717) is 6.04 Å². The third kappa shape index (κ3) is 3.37. The molecule has 2 rings (SSSR count). The van der Waals surface area contributed by atoms with Crippen LogP contribution in [0.4, 0.5) is 0 Å². The summed E-state index contributed by atoms with van der Waals surface area (Å²) in [5, 5.41) is 3.60. The standard InChI is InChI=1S/C14H21NO2/c1-10(15-12-5-6-12)8-11-4-7-13(16-2)9-14(11)17-3/h4,7,9-10,12,15H,5-6,8H2,1-3H3. The third-order valence-corrected chi connectivity index (χ3v) is 3.12. The fourth-order valence-corrected chi connectivity index (χ4v) is 2.06. The Balaban J connectivity index is 2.02. The molecule has 1 aliphatic rings. The summed E-state index contributed by atoms with van der Waals surface area (Å²) in [6, 6.07) is 7.25. The van der Waals surface area contributed by atoms with Crippen LogP contribution in [0, 0.1) is 0 Å². The first-order valence-corrected chi connectivity index (χ1v) is 6.20. The molecule has 17 heavy (non-hydrogen) atoms. The molecule has 1 atom stereocenters. The van der Waals surface area contributed by atoms with Gasteiger partial charge < -0.3 is 14.8 Å². The quantitative estimate of drug-likeness (QED) is 0.821. The van der Waals surface area contributed by atoms with Crippen LogP contribution in [0.3, 0.4) is 0 Å². The Morgan fingerprint density at radius 3 is 2.65 bits per heavy atom. The Bertz CT molecular complexity index is 374. The van der Waals surface area contributed by atoms with E-state index in [9.17, 15) is 0 Å². The van der Waals surface area contributed by atoms with Crippen molar-refractivity contribution in [2.75, 3.05) is 14.2 Å². The van der Waals surface area contributed by atoms with Gasteiger partial charge in [-0.1, -0.05) is 6.07 Å². The monoisotopic (exact) mass is 235 g/mol. The predicted molar refractivity (Wildman–Crippen MR) is 68.9 cm³/mol. The molecular weight excluding hydrogens is 214 g/mol. The molecule has 1 N–H and O–H groups in total. The first-order valence-electron chi connectivity index (χ1n) is 6.20. The summed E-state index contributed by atoms with van der Waals surface area (Å²) < 4.78 is 10.6. The average Bonchev–Trinajstić information content (AvgIpc) is 3.13. The van der Waals surface area contributed by atoms with Gasteiger partial charge in [0.25, 0.3) is 0 Å². The molecule has 3 heteroatoms. The van der Waals surface area contributed by atoms with Crippen molar-refractivity contribution >= 4 is 0 Å². The van der Waals surface area contributed by atoms with E-state index in [1.807, 2.05) is 12.1 Å². The normalized spacial score (nSPS) is 16.6. The maximum atomic E-state index is 5.40. The zero-order chi connectivity index (χ0) is 12.3. The Hall–Kier alpha value is -1.22. The van der Waals surface area contributed by atoms with Crippen molar-refractivity contribution < 1.29 is 9.47 Å². The van der Waals surface area contributed by atoms with Gasteiger partial charge in [0.1, 0.15) is 11.5 Å². The predicted octanol–water partition coefficient (Wildman–Crippen LogP) is 2.39. The van der Waals surface area contributed by atoms with Gasteiger partial charge >= 0.3 is 0 Å². The highest BCUT2D eigenvalue weighted by atomic mass is 16.5. The van der Waals surface area contributed by atoms with Crippen molar-refractivity contribution in [3.05, 3.63) is 23.8 Å². The van der Waals surface area contributed by atoms with Gasteiger partial charge in [0, 0.05) is 18.2 Å². The highest BCUT2D eigenvalue weighted by molar-refractivity contribution is 5.41. The highest BCUT2D eigenvalue weighted by Gasteiger charge is 2.23. The van der Waals surface area contributed by atoms with Crippen LogP contribution in [0.2, 0.25) is 0 Å². The zero-order valence-corrected chi connectivity index (χ0v) is 10.8. The fraction of sp³-hybridized carbons (Fsp3) is 0.571.